The monoisotopic (exact) mass is 966 g/mol. The Morgan fingerprint density at radius 1 is 0.662 bits per heavy atom. The highest BCUT2D eigenvalue weighted by atomic mass is 35.5. The van der Waals surface area contributed by atoms with Crippen LogP contribution in [0.1, 0.15) is 167 Å². The summed E-state index contributed by atoms with van der Waals surface area (Å²) in [7, 11) is 0. The molecule has 65 heavy (non-hydrogen) atoms. The second-order valence-corrected chi connectivity index (χ2v) is 19.2. The number of alkyl carbamates (subject to hydrolysis) is 1. The Morgan fingerprint density at radius 2 is 0.985 bits per heavy atom. The molecule has 0 aliphatic heterocycles. The molecule has 372 valence electrons. The molecule has 0 saturated heterocycles. The molecule has 0 spiro atoms. The molecule has 3 amide bonds. The fraction of sp³-hybridized carbons (Fsp3) is 0.617. The number of benzene rings is 2. The summed E-state index contributed by atoms with van der Waals surface area (Å²) < 4.78 is 46.8. The Morgan fingerprint density at radius 3 is 1.25 bits per heavy atom. The molecule has 18 heteroatoms. The number of hydrogen-bond donors (Lipinski definition) is 4. The number of carbonyl (C=O) groups is 6. The smallest absolute Gasteiger partial charge is 0.446 e. The summed E-state index contributed by atoms with van der Waals surface area (Å²) in [4.78, 5) is 68.7. The average Bonchev–Trinajstić information content (AvgIpc) is 3.16. The van der Waals surface area contributed by atoms with Crippen molar-refractivity contribution in [2.45, 2.75) is 159 Å². The largest absolute Gasteiger partial charge is 0.459 e. The van der Waals surface area contributed by atoms with E-state index in [-0.39, 0.29) is 84.7 Å². The lowest BCUT2D eigenvalue weighted by Crippen LogP contribution is -2.41. The molecule has 2 aromatic rings. The SMILES string of the molecule is C.CC(C)OC(=O)c1ccc([C@@H](CCC(C)(C)C)NC(=O)CN)cc1.CC(C)OC(=O)c1ccc([C@@H](CCC(C)(C)C)NC(=O)CNC(=O)OC(C)(C)C)cc1.ClCCl.O=CC(F)(F)F. The molecule has 5 N–H and O–H groups in total. The number of rotatable bonds is 15. The van der Waals surface area contributed by atoms with Crippen molar-refractivity contribution >= 4 is 59.3 Å². The third-order valence-corrected chi connectivity index (χ3v) is 7.93. The van der Waals surface area contributed by atoms with Gasteiger partial charge in [-0.2, -0.15) is 13.2 Å². The van der Waals surface area contributed by atoms with Crippen LogP contribution in [0.4, 0.5) is 18.0 Å². The molecule has 2 aromatic carbocycles. The van der Waals surface area contributed by atoms with Crippen LogP contribution in [0.5, 0.6) is 0 Å². The van der Waals surface area contributed by atoms with Gasteiger partial charge >= 0.3 is 24.2 Å². The summed E-state index contributed by atoms with van der Waals surface area (Å²) in [5.74, 6) is -1.21. The van der Waals surface area contributed by atoms with Gasteiger partial charge in [0, 0.05) is 0 Å². The summed E-state index contributed by atoms with van der Waals surface area (Å²) in [5, 5.41) is 8.61. The number of alkyl halides is 5. The van der Waals surface area contributed by atoms with Gasteiger partial charge in [-0.15, -0.1) is 23.2 Å². The zero-order chi connectivity index (χ0) is 50.1. The molecule has 2 atom stereocenters. The van der Waals surface area contributed by atoms with Gasteiger partial charge in [0.1, 0.15) is 12.1 Å². The summed E-state index contributed by atoms with van der Waals surface area (Å²) >= 11 is 9.53. The molecule has 0 radical (unpaired) electrons. The van der Waals surface area contributed by atoms with Crippen LogP contribution in [-0.2, 0) is 28.6 Å². The maximum absolute atomic E-state index is 12.5. The van der Waals surface area contributed by atoms with Gasteiger partial charge in [0.25, 0.3) is 0 Å². The van der Waals surface area contributed by atoms with Gasteiger partial charge in [-0.05, 0) is 120 Å². The lowest BCUT2D eigenvalue weighted by molar-refractivity contribution is -0.156. The minimum atomic E-state index is -4.64. The third-order valence-electron chi connectivity index (χ3n) is 7.93. The highest BCUT2D eigenvalue weighted by Crippen LogP contribution is 2.29. The van der Waals surface area contributed by atoms with E-state index in [9.17, 15) is 37.1 Å². The molecule has 13 nitrogen and oxygen atoms in total. The Balaban J connectivity index is -0.00000100. The minimum absolute atomic E-state index is 0. The van der Waals surface area contributed by atoms with Crippen LogP contribution in [0.25, 0.3) is 0 Å². The molecule has 0 aliphatic carbocycles. The molecule has 0 unspecified atom stereocenters. The molecule has 0 fully saturated rings. The fourth-order valence-corrected chi connectivity index (χ4v) is 5.03. The molecular formula is C47H75Cl2F3N4O9. The molecule has 0 aromatic heterocycles. The van der Waals surface area contributed by atoms with Crippen molar-refractivity contribution in [3.63, 3.8) is 0 Å². The zero-order valence-electron chi connectivity index (χ0n) is 39.6. The summed E-state index contributed by atoms with van der Waals surface area (Å²) in [5.41, 5.74) is 7.87. The second kappa shape index (κ2) is 31.5. The highest BCUT2D eigenvalue weighted by molar-refractivity contribution is 6.40. The fourth-order valence-electron chi connectivity index (χ4n) is 5.03. The van der Waals surface area contributed by atoms with Crippen LogP contribution in [-0.4, -0.2) is 78.5 Å². The van der Waals surface area contributed by atoms with E-state index < -0.39 is 24.2 Å². The number of ether oxygens (including phenoxy) is 3. The van der Waals surface area contributed by atoms with Crippen LogP contribution in [0.2, 0.25) is 0 Å². The van der Waals surface area contributed by atoms with Crippen LogP contribution < -0.4 is 21.7 Å². The Hall–Kier alpha value is -4.41. The Kier molecular flexibility index (Phi) is 31.4. The number of hydrogen-bond acceptors (Lipinski definition) is 10. The van der Waals surface area contributed by atoms with E-state index >= 15 is 0 Å². The van der Waals surface area contributed by atoms with Crippen molar-refractivity contribution in [1.82, 2.24) is 16.0 Å². The van der Waals surface area contributed by atoms with Crippen molar-refractivity contribution in [2.24, 2.45) is 16.6 Å². The number of halogens is 5. The maximum atomic E-state index is 12.5. The molecular weight excluding hydrogens is 892 g/mol. The second-order valence-electron chi connectivity index (χ2n) is 18.4. The Bertz CT molecular complexity index is 1710. The molecule has 0 saturated carbocycles. The number of amides is 3. The standard InChI is InChI=1S/C24H38N2O5.C19H30N2O3.C2HF3O.CH2Cl2.CH4/c1-16(2)30-21(28)18-11-9-17(10-12-18)19(13-14-23(3,4)5)26-20(27)15-25-22(29)31-24(6,7)8;1-13(2)24-18(23)15-8-6-14(7-9-15)16(21-17(22)12-20)10-11-19(3,4)5;3-2(4,5)1-6;2-1-3;/h9-12,16,19H,13-15H2,1-8H3,(H,25,29)(H,26,27);6-9,13,16H,10-12,20H2,1-5H3,(H,21,22);1H;1H2;1H4/t19-;16-;;;/m11.../s1. The number of esters is 2. The topological polar surface area (TPSA) is 192 Å². The zero-order valence-corrected chi connectivity index (χ0v) is 41.1. The van der Waals surface area contributed by atoms with Crippen LogP contribution in [0.15, 0.2) is 48.5 Å². The van der Waals surface area contributed by atoms with E-state index in [2.05, 4.69) is 57.5 Å². The molecule has 0 bridgehead atoms. The van der Waals surface area contributed by atoms with Gasteiger partial charge in [-0.25, -0.2) is 14.4 Å². The summed E-state index contributed by atoms with van der Waals surface area (Å²) in [6.45, 7) is 25.2. The van der Waals surface area contributed by atoms with Crippen LogP contribution in [0.3, 0.4) is 0 Å². The van der Waals surface area contributed by atoms with E-state index in [0.717, 1.165) is 36.8 Å². The summed E-state index contributed by atoms with van der Waals surface area (Å²) in [6, 6.07) is 13.9. The van der Waals surface area contributed by atoms with E-state index in [1.165, 1.54) is 0 Å². The van der Waals surface area contributed by atoms with Crippen LogP contribution >= 0.6 is 23.2 Å². The first-order valence-corrected chi connectivity index (χ1v) is 21.9. The van der Waals surface area contributed by atoms with Gasteiger partial charge in [0.05, 0.1) is 47.3 Å². The first kappa shape index (κ1) is 64.9. The normalized spacial score (nSPS) is 12.1. The molecule has 2 rings (SSSR count). The first-order valence-electron chi connectivity index (χ1n) is 20.8. The average molecular weight is 968 g/mol. The maximum Gasteiger partial charge on any atom is 0.446 e. The van der Waals surface area contributed by atoms with Crippen LogP contribution in [0, 0.1) is 10.8 Å². The van der Waals surface area contributed by atoms with Crippen molar-refractivity contribution in [3.05, 3.63) is 70.8 Å². The highest BCUT2D eigenvalue weighted by Gasteiger charge is 2.25. The van der Waals surface area contributed by atoms with E-state index in [0.29, 0.717) is 11.1 Å². The molecule has 0 heterocycles. The van der Waals surface area contributed by atoms with Gasteiger partial charge in [0.2, 0.25) is 18.1 Å². The van der Waals surface area contributed by atoms with Gasteiger partial charge < -0.3 is 35.9 Å². The lowest BCUT2D eigenvalue weighted by atomic mass is 9.87. The third kappa shape index (κ3) is 35.5. The van der Waals surface area contributed by atoms with Gasteiger partial charge in [-0.1, -0.05) is 73.2 Å². The summed E-state index contributed by atoms with van der Waals surface area (Å²) in [6.07, 6.45) is -3.31. The van der Waals surface area contributed by atoms with E-state index in [4.69, 9.17) is 47.9 Å². The first-order chi connectivity index (χ1) is 29.3. The van der Waals surface area contributed by atoms with Crippen molar-refractivity contribution < 1.29 is 56.1 Å². The molecule has 0 aliphatic rings. The Labute approximate surface area is 395 Å². The van der Waals surface area contributed by atoms with Gasteiger partial charge in [0.15, 0.2) is 0 Å². The van der Waals surface area contributed by atoms with Crippen molar-refractivity contribution in [1.29, 1.82) is 0 Å². The quantitative estimate of drug-likeness (QED) is 0.0578. The number of carbonyl (C=O) groups excluding carboxylic acids is 6. The predicted octanol–water partition coefficient (Wildman–Crippen LogP) is 10.8. The van der Waals surface area contributed by atoms with E-state index in [1.807, 2.05) is 38.1 Å². The minimum Gasteiger partial charge on any atom is -0.459 e. The lowest BCUT2D eigenvalue weighted by Gasteiger charge is -2.25. The van der Waals surface area contributed by atoms with E-state index in [1.54, 1.807) is 58.9 Å². The number of aldehydes is 1. The number of nitrogens with one attached hydrogen (secondary N) is 3. The van der Waals surface area contributed by atoms with Gasteiger partial charge in [-0.3, -0.25) is 14.4 Å². The van der Waals surface area contributed by atoms with Crippen molar-refractivity contribution in [2.75, 3.05) is 18.4 Å². The van der Waals surface area contributed by atoms with Crippen molar-refractivity contribution in [3.8, 4) is 0 Å². The predicted molar refractivity (Wildman–Crippen MR) is 252 cm³/mol. The number of nitrogens with two attached hydrogens (primary N) is 1.